The van der Waals surface area contributed by atoms with Crippen LogP contribution in [0.4, 0.5) is 14.9 Å². The van der Waals surface area contributed by atoms with Gasteiger partial charge in [-0.3, -0.25) is 9.59 Å². The highest BCUT2D eigenvalue weighted by atomic mass is 19.1. The van der Waals surface area contributed by atoms with Crippen LogP contribution in [0.5, 0.6) is 0 Å². The minimum atomic E-state index is -0.406. The second kappa shape index (κ2) is 8.84. The monoisotopic (exact) mass is 452 g/mol. The highest BCUT2D eigenvalue weighted by Crippen LogP contribution is 2.34. The van der Waals surface area contributed by atoms with Gasteiger partial charge in [0.25, 0.3) is 5.91 Å². The largest absolute Gasteiger partial charge is 0.359 e. The van der Waals surface area contributed by atoms with Crippen LogP contribution < -0.4 is 5.32 Å². The summed E-state index contributed by atoms with van der Waals surface area (Å²) in [6, 6.07) is 4.14. The number of rotatable bonds is 4. The van der Waals surface area contributed by atoms with E-state index >= 15 is 0 Å². The molecule has 0 saturated carbocycles. The molecule has 2 aliphatic heterocycles. The van der Waals surface area contributed by atoms with Gasteiger partial charge in [-0.1, -0.05) is 0 Å². The van der Waals surface area contributed by atoms with Crippen LogP contribution in [-0.4, -0.2) is 59.7 Å². The van der Waals surface area contributed by atoms with E-state index in [2.05, 4.69) is 10.3 Å². The van der Waals surface area contributed by atoms with Crippen molar-refractivity contribution in [2.45, 2.75) is 33.1 Å². The first-order chi connectivity index (χ1) is 15.7. The van der Waals surface area contributed by atoms with Crippen LogP contribution in [-0.2, 0) is 16.0 Å². The number of aryl methyl sites for hydroxylation is 1. The number of anilines is 1. The number of nitrogens with one attached hydrogen (secondary N) is 2. The van der Waals surface area contributed by atoms with Crippen LogP contribution >= 0.6 is 0 Å². The van der Waals surface area contributed by atoms with Gasteiger partial charge >= 0.3 is 6.03 Å². The number of halogens is 1. The summed E-state index contributed by atoms with van der Waals surface area (Å²) >= 11 is 0. The second-order valence-corrected chi connectivity index (χ2v) is 9.07. The van der Waals surface area contributed by atoms with Gasteiger partial charge in [0.15, 0.2) is 0 Å². The van der Waals surface area contributed by atoms with Crippen LogP contribution in [0, 0.1) is 25.6 Å². The molecule has 0 spiro atoms. The Morgan fingerprint density at radius 3 is 2.76 bits per heavy atom. The van der Waals surface area contributed by atoms with Gasteiger partial charge in [-0.25, -0.2) is 9.18 Å². The lowest BCUT2D eigenvalue weighted by molar-refractivity contribution is -0.123. The summed E-state index contributed by atoms with van der Waals surface area (Å²) in [7, 11) is 3.43. The molecule has 2 aliphatic rings. The van der Waals surface area contributed by atoms with E-state index in [1.807, 2.05) is 13.8 Å². The van der Waals surface area contributed by atoms with Crippen molar-refractivity contribution in [3.05, 3.63) is 52.1 Å². The van der Waals surface area contributed by atoms with E-state index < -0.39 is 5.82 Å². The number of piperidine rings is 1. The molecule has 1 aromatic carbocycles. The summed E-state index contributed by atoms with van der Waals surface area (Å²) in [6.45, 7) is 4.94. The van der Waals surface area contributed by atoms with Gasteiger partial charge in [-0.05, 0) is 62.1 Å². The summed E-state index contributed by atoms with van der Waals surface area (Å²) in [5, 5.41) is 2.75. The fourth-order valence-electron chi connectivity index (χ4n) is 4.69. The van der Waals surface area contributed by atoms with Crippen molar-refractivity contribution < 1.29 is 18.8 Å². The second-order valence-electron chi connectivity index (χ2n) is 9.07. The van der Waals surface area contributed by atoms with Crippen LogP contribution in [0.15, 0.2) is 18.2 Å². The van der Waals surface area contributed by atoms with E-state index in [-0.39, 0.29) is 30.1 Å². The molecule has 8 heteroatoms. The fourth-order valence-corrected chi connectivity index (χ4v) is 4.69. The third kappa shape index (κ3) is 4.42. The first-order valence-electron chi connectivity index (χ1n) is 11.2. The molecule has 1 fully saturated rings. The quantitative estimate of drug-likeness (QED) is 0.693. The number of carbonyl (C=O) groups is 3. The first-order valence-corrected chi connectivity index (χ1v) is 11.2. The molecule has 4 rings (SSSR count). The Morgan fingerprint density at radius 2 is 2.03 bits per heavy atom. The summed E-state index contributed by atoms with van der Waals surface area (Å²) in [5.74, 6) is -0.765. The van der Waals surface area contributed by atoms with Gasteiger partial charge in [0.1, 0.15) is 11.6 Å². The Morgan fingerprint density at radius 1 is 1.27 bits per heavy atom. The number of fused-ring (bicyclic) bond motifs is 1. The van der Waals surface area contributed by atoms with Crippen molar-refractivity contribution in [2.75, 3.05) is 32.5 Å². The molecule has 174 valence electrons. The molecule has 2 N–H and O–H groups in total. The SMILES string of the molecule is Cc1[nH]c(/C=C2\C(=O)Nc3ccc(F)cc32)c(C)c1CC(=O)C1CCCN(C(=O)N(C)C)C1. The summed E-state index contributed by atoms with van der Waals surface area (Å²) < 4.78 is 13.8. The van der Waals surface area contributed by atoms with Crippen LogP contribution in [0.3, 0.4) is 0 Å². The molecule has 1 saturated heterocycles. The molecule has 3 heterocycles. The maximum atomic E-state index is 13.8. The van der Waals surface area contributed by atoms with Crippen molar-refractivity contribution in [1.29, 1.82) is 0 Å². The summed E-state index contributed by atoms with van der Waals surface area (Å²) in [5.41, 5.74) is 4.88. The highest BCUT2D eigenvalue weighted by molar-refractivity contribution is 6.34. The van der Waals surface area contributed by atoms with E-state index in [0.717, 1.165) is 35.4 Å². The van der Waals surface area contributed by atoms with Gasteiger partial charge < -0.3 is 20.1 Å². The molecule has 1 atom stereocenters. The molecule has 3 amide bonds. The number of benzene rings is 1. The zero-order chi connectivity index (χ0) is 23.9. The number of ketones is 1. The third-order valence-corrected chi connectivity index (χ3v) is 6.57. The summed E-state index contributed by atoms with van der Waals surface area (Å²) in [6.07, 6.45) is 3.57. The lowest BCUT2D eigenvalue weighted by Gasteiger charge is -2.33. The van der Waals surface area contributed by atoms with Crippen molar-refractivity contribution in [1.82, 2.24) is 14.8 Å². The smallest absolute Gasteiger partial charge is 0.319 e. The Bertz CT molecular complexity index is 1160. The van der Waals surface area contributed by atoms with Crippen molar-refractivity contribution >= 4 is 35.1 Å². The maximum absolute atomic E-state index is 13.8. The minimum Gasteiger partial charge on any atom is -0.359 e. The van der Waals surface area contributed by atoms with E-state index in [1.54, 1.807) is 31.1 Å². The first kappa shape index (κ1) is 22.8. The Balaban J connectivity index is 1.55. The molecular weight excluding hydrogens is 423 g/mol. The molecule has 1 unspecified atom stereocenters. The molecule has 0 aliphatic carbocycles. The molecule has 1 aromatic heterocycles. The van der Waals surface area contributed by atoms with Gasteiger partial charge in [0.2, 0.25) is 0 Å². The van der Waals surface area contributed by atoms with Crippen LogP contribution in [0.1, 0.15) is 40.9 Å². The average molecular weight is 453 g/mol. The number of H-pyrrole nitrogens is 1. The number of hydrogen-bond acceptors (Lipinski definition) is 3. The van der Waals surface area contributed by atoms with Gasteiger partial charge in [-0.2, -0.15) is 0 Å². The van der Waals surface area contributed by atoms with Crippen molar-refractivity contribution in [3.63, 3.8) is 0 Å². The zero-order valence-electron chi connectivity index (χ0n) is 19.4. The summed E-state index contributed by atoms with van der Waals surface area (Å²) in [4.78, 5) is 44.5. The Labute approximate surface area is 192 Å². The van der Waals surface area contributed by atoms with E-state index in [4.69, 9.17) is 0 Å². The highest BCUT2D eigenvalue weighted by Gasteiger charge is 2.30. The lowest BCUT2D eigenvalue weighted by Crippen LogP contribution is -2.46. The lowest BCUT2D eigenvalue weighted by atomic mass is 9.89. The molecular formula is C25H29FN4O3. The Hall–Kier alpha value is -3.42. The standard InChI is InChI=1S/C25H29FN4O3/c1-14-18(12-23(31)16-6-5-9-30(13-16)25(33)29(3)4)15(2)27-22(14)11-20-19-10-17(26)7-8-21(19)28-24(20)32/h7-8,10-11,16,27H,5-6,9,12-13H2,1-4H3,(H,28,32)/b20-11-. The zero-order valence-corrected chi connectivity index (χ0v) is 19.4. The van der Waals surface area contributed by atoms with E-state index in [9.17, 15) is 18.8 Å². The van der Waals surface area contributed by atoms with Crippen molar-refractivity contribution in [2.24, 2.45) is 5.92 Å². The number of amides is 3. The van der Waals surface area contributed by atoms with Crippen LogP contribution in [0.2, 0.25) is 0 Å². The minimum absolute atomic E-state index is 0.0676. The fraction of sp³-hybridized carbons (Fsp3) is 0.400. The molecule has 0 bridgehead atoms. The molecule has 2 aromatic rings. The molecule has 0 radical (unpaired) electrons. The predicted molar refractivity (Wildman–Crippen MR) is 125 cm³/mol. The van der Waals surface area contributed by atoms with Crippen LogP contribution in [0.25, 0.3) is 11.6 Å². The predicted octanol–water partition coefficient (Wildman–Crippen LogP) is 3.77. The third-order valence-electron chi connectivity index (χ3n) is 6.57. The average Bonchev–Trinajstić information content (AvgIpc) is 3.23. The van der Waals surface area contributed by atoms with E-state index in [0.29, 0.717) is 29.9 Å². The number of carbonyl (C=O) groups excluding carboxylic acids is 3. The maximum Gasteiger partial charge on any atom is 0.319 e. The molecule has 33 heavy (non-hydrogen) atoms. The number of Topliss-reactive ketones (excluding diaryl/α,β-unsaturated/α-hetero) is 1. The number of urea groups is 1. The number of hydrogen-bond donors (Lipinski definition) is 2. The van der Waals surface area contributed by atoms with E-state index in [1.165, 1.54) is 17.0 Å². The Kier molecular flexibility index (Phi) is 6.10. The normalized spacial score (nSPS) is 18.9. The van der Waals surface area contributed by atoms with Gasteiger partial charge in [-0.15, -0.1) is 0 Å². The number of nitrogens with zero attached hydrogens (tertiary/aromatic N) is 2. The van der Waals surface area contributed by atoms with Crippen molar-refractivity contribution in [3.8, 4) is 0 Å². The van der Waals surface area contributed by atoms with Gasteiger partial charge in [0, 0.05) is 62.2 Å². The molecule has 7 nitrogen and oxygen atoms in total. The number of aromatic nitrogens is 1. The topological polar surface area (TPSA) is 85.5 Å². The van der Waals surface area contributed by atoms with Gasteiger partial charge in [0.05, 0.1) is 5.57 Å². The number of likely N-dealkylation sites (tertiary alicyclic amines) is 1. The number of aromatic amines is 1.